The average Bonchev–Trinajstić information content (AvgIpc) is 2.73. The van der Waals surface area contributed by atoms with Gasteiger partial charge in [0, 0.05) is 5.69 Å². The maximum atomic E-state index is 12.1. The molecule has 0 aliphatic heterocycles. The number of carbonyl (C=O) groups excluding carboxylic acids is 1. The molecule has 0 aliphatic carbocycles. The Kier molecular flexibility index (Phi) is 6.89. The topological polar surface area (TPSA) is 59.9 Å². The van der Waals surface area contributed by atoms with Crippen LogP contribution in [0.1, 0.15) is 5.56 Å². The second-order valence-corrected chi connectivity index (χ2v) is 5.95. The third-order valence-electron chi connectivity index (χ3n) is 3.85. The highest BCUT2D eigenvalue weighted by molar-refractivity contribution is 5.92. The predicted octanol–water partition coefficient (Wildman–Crippen LogP) is 4.94. The van der Waals surface area contributed by atoms with Crippen molar-refractivity contribution in [3.05, 3.63) is 84.4 Å². The van der Waals surface area contributed by atoms with E-state index in [1.807, 2.05) is 54.6 Å². The van der Waals surface area contributed by atoms with E-state index in [0.29, 0.717) is 11.3 Å². The molecule has 148 valence electrons. The highest BCUT2D eigenvalue weighted by Crippen LogP contribution is 2.21. The molecule has 3 aromatic rings. The number of hydrogen-bond donors (Lipinski definition) is 1. The van der Waals surface area contributed by atoms with Gasteiger partial charge in [0.1, 0.15) is 5.75 Å². The molecule has 7 heteroatoms. The van der Waals surface area contributed by atoms with E-state index in [0.717, 1.165) is 11.1 Å². The third kappa shape index (κ3) is 6.42. The number of benzene rings is 3. The monoisotopic (exact) mass is 396 g/mol. The molecule has 0 radical (unpaired) electrons. The molecule has 5 nitrogen and oxygen atoms in total. The highest BCUT2D eigenvalue weighted by Gasteiger charge is 2.04. The lowest BCUT2D eigenvalue weighted by Gasteiger charge is -2.06. The Bertz CT molecular complexity index is 944. The molecule has 0 spiro atoms. The molecule has 0 unspecified atom stereocenters. The number of ether oxygens (including phenoxy) is 1. The summed E-state index contributed by atoms with van der Waals surface area (Å²) in [6.07, 6.45) is 1.37. The number of halogens is 2. The van der Waals surface area contributed by atoms with Crippen molar-refractivity contribution >= 4 is 17.8 Å². The molecule has 0 saturated heterocycles. The lowest BCUT2D eigenvalue weighted by atomic mass is 10.1. The smallest absolute Gasteiger partial charge is 0.387 e. The van der Waals surface area contributed by atoms with E-state index in [1.54, 1.807) is 12.1 Å². The normalized spacial score (nSPS) is 10.9. The van der Waals surface area contributed by atoms with E-state index in [4.69, 9.17) is 4.84 Å². The quantitative estimate of drug-likeness (QED) is 0.433. The van der Waals surface area contributed by atoms with Gasteiger partial charge in [-0.05, 0) is 53.1 Å². The molecule has 1 amide bonds. The Morgan fingerprint density at radius 3 is 2.24 bits per heavy atom. The summed E-state index contributed by atoms with van der Waals surface area (Å²) in [6, 6.07) is 23.2. The van der Waals surface area contributed by atoms with E-state index in [1.165, 1.54) is 18.3 Å². The largest absolute Gasteiger partial charge is 0.435 e. The van der Waals surface area contributed by atoms with Crippen LogP contribution in [0.5, 0.6) is 5.75 Å². The van der Waals surface area contributed by atoms with Gasteiger partial charge in [-0.15, -0.1) is 0 Å². The zero-order valence-electron chi connectivity index (χ0n) is 15.3. The van der Waals surface area contributed by atoms with Gasteiger partial charge in [-0.25, -0.2) is 0 Å². The maximum absolute atomic E-state index is 12.1. The minimum atomic E-state index is -2.87. The molecule has 0 saturated carbocycles. The van der Waals surface area contributed by atoms with Crippen LogP contribution in [0.25, 0.3) is 11.1 Å². The fourth-order valence-corrected chi connectivity index (χ4v) is 2.50. The van der Waals surface area contributed by atoms with E-state index >= 15 is 0 Å². The summed E-state index contributed by atoms with van der Waals surface area (Å²) < 4.78 is 28.4. The van der Waals surface area contributed by atoms with Crippen molar-refractivity contribution in [2.24, 2.45) is 5.16 Å². The first-order chi connectivity index (χ1) is 14.1. The maximum Gasteiger partial charge on any atom is 0.387 e. The van der Waals surface area contributed by atoms with Gasteiger partial charge in [0.2, 0.25) is 0 Å². The number of carbonyl (C=O) groups is 1. The number of nitrogens with one attached hydrogen (secondary N) is 1. The first-order valence-corrected chi connectivity index (χ1v) is 8.76. The van der Waals surface area contributed by atoms with Crippen molar-refractivity contribution in [2.75, 3.05) is 11.9 Å². The Morgan fingerprint density at radius 2 is 1.59 bits per heavy atom. The summed E-state index contributed by atoms with van der Waals surface area (Å²) in [6.45, 7) is -3.13. The fraction of sp³-hybridized carbons (Fsp3) is 0.0909. The lowest BCUT2D eigenvalue weighted by Crippen LogP contribution is -2.16. The van der Waals surface area contributed by atoms with Crippen molar-refractivity contribution in [1.82, 2.24) is 0 Å². The Balaban J connectivity index is 1.44. The van der Waals surface area contributed by atoms with Crippen molar-refractivity contribution in [3.63, 3.8) is 0 Å². The molecule has 0 heterocycles. The molecule has 3 rings (SSSR count). The molecule has 0 aromatic heterocycles. The van der Waals surface area contributed by atoms with Gasteiger partial charge in [-0.1, -0.05) is 47.6 Å². The van der Waals surface area contributed by atoms with Crippen molar-refractivity contribution in [2.45, 2.75) is 6.61 Å². The van der Waals surface area contributed by atoms with Crippen LogP contribution in [-0.2, 0) is 9.63 Å². The fourth-order valence-electron chi connectivity index (χ4n) is 2.50. The van der Waals surface area contributed by atoms with Gasteiger partial charge < -0.3 is 14.9 Å². The van der Waals surface area contributed by atoms with Gasteiger partial charge in [-0.3, -0.25) is 4.79 Å². The first-order valence-electron chi connectivity index (χ1n) is 8.76. The second-order valence-electron chi connectivity index (χ2n) is 5.95. The van der Waals surface area contributed by atoms with Crippen LogP contribution in [0.3, 0.4) is 0 Å². The van der Waals surface area contributed by atoms with Gasteiger partial charge in [0.05, 0.1) is 6.21 Å². The van der Waals surface area contributed by atoms with Crippen LogP contribution in [0.4, 0.5) is 14.5 Å². The number of alkyl halides is 2. The summed E-state index contributed by atoms with van der Waals surface area (Å²) in [5.74, 6) is -0.300. The van der Waals surface area contributed by atoms with Crippen LogP contribution in [0, 0.1) is 0 Å². The number of anilines is 1. The molecule has 0 fully saturated rings. The molecule has 3 aromatic carbocycles. The molecule has 0 bridgehead atoms. The zero-order valence-corrected chi connectivity index (χ0v) is 15.3. The van der Waals surface area contributed by atoms with Crippen molar-refractivity contribution in [3.8, 4) is 16.9 Å². The van der Waals surface area contributed by atoms with E-state index < -0.39 is 6.61 Å². The predicted molar refractivity (Wildman–Crippen MR) is 107 cm³/mol. The summed E-state index contributed by atoms with van der Waals surface area (Å²) in [5.41, 5.74) is 3.41. The van der Waals surface area contributed by atoms with Crippen LogP contribution in [-0.4, -0.2) is 25.3 Å². The minimum absolute atomic E-state index is 0.0516. The van der Waals surface area contributed by atoms with E-state index in [9.17, 15) is 13.6 Å². The summed E-state index contributed by atoms with van der Waals surface area (Å²) in [5, 5.41) is 6.41. The molecular formula is C22H18F2N2O3. The van der Waals surface area contributed by atoms with Gasteiger partial charge in [0.15, 0.2) is 6.61 Å². The van der Waals surface area contributed by atoms with Crippen LogP contribution in [0.2, 0.25) is 0 Å². The third-order valence-corrected chi connectivity index (χ3v) is 3.85. The minimum Gasteiger partial charge on any atom is -0.435 e. The number of rotatable bonds is 8. The number of hydrogen-bond acceptors (Lipinski definition) is 4. The molecule has 0 aliphatic rings. The number of nitrogens with zero attached hydrogens (tertiary/aromatic N) is 1. The highest BCUT2D eigenvalue weighted by atomic mass is 19.3. The lowest BCUT2D eigenvalue weighted by molar-refractivity contribution is -0.120. The number of amides is 1. The summed E-state index contributed by atoms with van der Waals surface area (Å²) in [4.78, 5) is 16.9. The van der Waals surface area contributed by atoms with Crippen LogP contribution >= 0.6 is 0 Å². The zero-order chi connectivity index (χ0) is 20.5. The first kappa shape index (κ1) is 20.0. The van der Waals surface area contributed by atoms with Gasteiger partial charge >= 0.3 is 6.61 Å². The molecule has 29 heavy (non-hydrogen) atoms. The SMILES string of the molecule is O=C(CO/N=C\c1ccc(OC(F)F)cc1)Nc1ccc(-c2ccccc2)cc1. The average molecular weight is 396 g/mol. The van der Waals surface area contributed by atoms with Gasteiger partial charge in [-0.2, -0.15) is 8.78 Å². The Labute approximate surface area is 166 Å². The van der Waals surface area contributed by atoms with Crippen molar-refractivity contribution in [1.29, 1.82) is 0 Å². The van der Waals surface area contributed by atoms with E-state index in [-0.39, 0.29) is 18.3 Å². The molecule has 1 N–H and O–H groups in total. The second kappa shape index (κ2) is 9.98. The Hall–Kier alpha value is -3.74. The molecule has 0 atom stereocenters. The van der Waals surface area contributed by atoms with Crippen LogP contribution < -0.4 is 10.1 Å². The van der Waals surface area contributed by atoms with Crippen LogP contribution in [0.15, 0.2) is 84.0 Å². The number of oxime groups is 1. The molecular weight excluding hydrogens is 378 g/mol. The van der Waals surface area contributed by atoms with Gasteiger partial charge in [0.25, 0.3) is 5.91 Å². The summed E-state index contributed by atoms with van der Waals surface area (Å²) in [7, 11) is 0. The van der Waals surface area contributed by atoms with Crippen molar-refractivity contribution < 1.29 is 23.1 Å². The standard InChI is InChI=1S/C22H18F2N2O3/c23-22(24)29-20-12-6-16(7-13-20)14-25-28-15-21(27)26-19-10-8-18(9-11-19)17-4-2-1-3-5-17/h1-14,22H,15H2,(H,26,27)/b25-14-. The Morgan fingerprint density at radius 1 is 0.931 bits per heavy atom. The summed E-state index contributed by atoms with van der Waals surface area (Å²) >= 11 is 0. The van der Waals surface area contributed by atoms with E-state index in [2.05, 4.69) is 15.2 Å².